The molecule has 1 heterocycles. The molecule has 0 amide bonds. The Morgan fingerprint density at radius 3 is 1.54 bits per heavy atom. The largest absolute Gasteiger partial charge is 0 e. The van der Waals surface area contributed by atoms with Crippen molar-refractivity contribution in [3.63, 3.8) is 0 Å². The second-order valence-electron chi connectivity index (χ2n) is 1.34. The van der Waals surface area contributed by atoms with Gasteiger partial charge >= 0.3 is 33.9 Å². The van der Waals surface area contributed by atoms with E-state index in [0.717, 1.165) is 0 Å². The summed E-state index contributed by atoms with van der Waals surface area (Å²) in [6, 6.07) is 0. The fourth-order valence-corrected chi connectivity index (χ4v) is 1.09. The predicted molar refractivity (Wildman–Crippen MR) is 42.8 cm³/mol. The maximum Gasteiger partial charge on any atom is 0 e. The molecule has 13 heavy (non-hydrogen) atoms. The first kappa shape index (κ1) is 22.9. The summed E-state index contributed by atoms with van der Waals surface area (Å²) in [6.45, 7) is 15.6. The zero-order chi connectivity index (χ0) is 10.4. The Balaban J connectivity index is -0.0000000508. The van der Waals surface area contributed by atoms with Gasteiger partial charge in [-0.3, -0.25) is 0 Å². The van der Waals surface area contributed by atoms with Gasteiger partial charge in [-0.2, -0.15) is 0 Å². The minimum Gasteiger partial charge on any atom is 0 e. The molecule has 2 radical (unpaired) electrons. The van der Waals surface area contributed by atoms with Crippen molar-refractivity contribution >= 4 is 14.0 Å². The van der Waals surface area contributed by atoms with Crippen molar-refractivity contribution in [2.24, 2.45) is 0 Å². The summed E-state index contributed by atoms with van der Waals surface area (Å²) in [5.74, 6) is 2.18. The van der Waals surface area contributed by atoms with E-state index < -0.39 is 0 Å². The van der Waals surface area contributed by atoms with Crippen LogP contribution < -0.4 is 0 Å². The van der Waals surface area contributed by atoms with Crippen molar-refractivity contribution in [3.8, 4) is 0 Å². The Hall–Kier alpha value is -0.351. The van der Waals surface area contributed by atoms with Gasteiger partial charge in [0, 0.05) is 23.2 Å². The quantitative estimate of drug-likeness (QED) is 0.266. The summed E-state index contributed by atoms with van der Waals surface area (Å²) in [5, 5.41) is 0. The number of allylic oxidation sites excluding steroid dienone is 2. The van der Waals surface area contributed by atoms with Crippen molar-refractivity contribution in [2.75, 3.05) is 0 Å². The van der Waals surface area contributed by atoms with Gasteiger partial charge < -0.3 is 0 Å². The van der Waals surface area contributed by atoms with Gasteiger partial charge in [-0.15, -0.1) is 0 Å². The molecule has 0 aromatic rings. The van der Waals surface area contributed by atoms with E-state index in [-0.39, 0.29) is 17.1 Å². The molecule has 1 aliphatic heterocycles. The molecule has 5 heteroatoms. The first-order valence-electron chi connectivity index (χ1n) is 2.54. The Bertz CT molecular complexity index is 186. The zero-order valence-electron chi connectivity index (χ0n) is 6.78. The van der Waals surface area contributed by atoms with E-state index in [4.69, 9.17) is 14.0 Å². The van der Waals surface area contributed by atoms with Crippen molar-refractivity contribution < 1.29 is 31.0 Å². The molecular weight excluding hydrogens is 230 g/mol. The van der Waals surface area contributed by atoms with Crippen LogP contribution in [0.5, 0.6) is 0 Å². The Labute approximate surface area is 90.0 Å². The summed E-state index contributed by atoms with van der Waals surface area (Å²) in [6.07, 6.45) is 4.26. The Morgan fingerprint density at radius 2 is 1.46 bits per heavy atom. The summed E-state index contributed by atoms with van der Waals surface area (Å²) in [4.78, 5) is 0. The maximum atomic E-state index is 7.50. The third-order valence-corrected chi connectivity index (χ3v) is 1.58. The van der Waals surface area contributed by atoms with Crippen molar-refractivity contribution in [1.82, 2.24) is 0 Å². The second kappa shape index (κ2) is 29.9. The van der Waals surface area contributed by atoms with Crippen LogP contribution in [0, 0.1) is 26.1 Å². The molecule has 0 spiro atoms. The summed E-state index contributed by atoms with van der Waals surface area (Å²) in [7, 11) is 1.34. The molecule has 0 aliphatic carbocycles. The zero-order valence-corrected chi connectivity index (χ0v) is 8.86. The summed E-state index contributed by atoms with van der Waals surface area (Å²) < 4.78 is 22.5. The molecule has 68 valence electrons. The molecule has 1 rings (SSSR count). The molecule has 0 fully saturated rings. The average molecular weight is 236 g/mol. The van der Waals surface area contributed by atoms with E-state index in [2.05, 4.69) is 44.9 Å². The molecule has 0 atom stereocenters. The number of hydrogen-bond acceptors (Lipinski definition) is 0. The molecule has 3 nitrogen and oxygen atoms in total. The van der Waals surface area contributed by atoms with Crippen LogP contribution in [0.2, 0.25) is 0 Å². The Morgan fingerprint density at radius 1 is 1.08 bits per heavy atom. The number of hydrogen-bond donors (Lipinski definition) is 0. The van der Waals surface area contributed by atoms with Crippen LogP contribution in [0.1, 0.15) is 6.92 Å². The van der Waals surface area contributed by atoms with E-state index in [0.29, 0.717) is 0 Å². The minimum atomic E-state index is 0. The fourth-order valence-electron chi connectivity index (χ4n) is 0.364. The number of rotatable bonds is 0. The summed E-state index contributed by atoms with van der Waals surface area (Å²) >= 11 is 0. The smallest absolute Gasteiger partial charge is 0 e. The molecule has 0 saturated carbocycles. The van der Waals surface area contributed by atoms with Gasteiger partial charge in [0.2, 0.25) is 0 Å². The van der Waals surface area contributed by atoms with Crippen molar-refractivity contribution in [2.45, 2.75) is 6.92 Å². The van der Waals surface area contributed by atoms with Crippen LogP contribution in [-0.2, 0) is 31.0 Å². The molecule has 0 N–H and O–H groups in total. The first-order chi connectivity index (χ1) is 5.89. The molecule has 0 aromatic heterocycles. The van der Waals surface area contributed by atoms with E-state index in [1.165, 1.54) is 13.8 Å². The monoisotopic (exact) mass is 236 g/mol. The van der Waals surface area contributed by atoms with E-state index in [9.17, 15) is 0 Å². The van der Waals surface area contributed by atoms with Crippen molar-refractivity contribution in [1.29, 1.82) is 0 Å². The SMILES string of the molecule is CC1=C[CH]P=C1.[C-]#[O+].[C-]#[O+].[C-]#[O+].[Mn]. The van der Waals surface area contributed by atoms with E-state index >= 15 is 0 Å². The molecule has 0 aromatic carbocycles. The van der Waals surface area contributed by atoms with Crippen LogP contribution >= 0.6 is 8.20 Å². The van der Waals surface area contributed by atoms with Crippen LogP contribution in [0.3, 0.4) is 0 Å². The van der Waals surface area contributed by atoms with Gasteiger partial charge in [-0.1, -0.05) is 14.3 Å². The van der Waals surface area contributed by atoms with Gasteiger partial charge in [0.25, 0.3) is 0 Å². The van der Waals surface area contributed by atoms with Crippen LogP contribution in [-0.4, -0.2) is 5.80 Å². The van der Waals surface area contributed by atoms with Gasteiger partial charge in [0.05, 0.1) is 0 Å². The third-order valence-electron chi connectivity index (χ3n) is 0.702. The molecule has 0 bridgehead atoms. The predicted octanol–water partition coefficient (Wildman–Crippen LogP) is 1.74. The van der Waals surface area contributed by atoms with Crippen LogP contribution in [0.25, 0.3) is 0 Å². The van der Waals surface area contributed by atoms with Crippen molar-refractivity contribution in [3.05, 3.63) is 37.8 Å². The van der Waals surface area contributed by atoms with Gasteiger partial charge in [-0.25, -0.2) is 0 Å². The molecule has 0 saturated heterocycles. The fraction of sp³-hybridized carbons (Fsp3) is 0.125. The van der Waals surface area contributed by atoms with E-state index in [1.54, 1.807) is 0 Å². The molecular formula is C8H6MnO3P. The van der Waals surface area contributed by atoms with Gasteiger partial charge in [0.1, 0.15) is 0 Å². The first-order valence-corrected chi connectivity index (χ1v) is 3.57. The maximum absolute atomic E-state index is 7.50. The van der Waals surface area contributed by atoms with E-state index in [1.807, 2.05) is 0 Å². The third kappa shape index (κ3) is 24.5. The van der Waals surface area contributed by atoms with Gasteiger partial charge in [-0.05, 0) is 18.3 Å². The minimum absolute atomic E-state index is 0. The van der Waals surface area contributed by atoms with Gasteiger partial charge in [0.15, 0.2) is 0 Å². The van der Waals surface area contributed by atoms with Crippen LogP contribution in [0.15, 0.2) is 11.6 Å². The average Bonchev–Trinajstić information content (AvgIpc) is 2.66. The normalized spacial score (nSPS) is 10.2. The Kier molecular flexibility index (Phi) is 52.7. The molecule has 0 unspecified atom stereocenters. The molecule has 1 aliphatic rings. The standard InChI is InChI=1S/C5H6P.3CO.Mn/c1-5-2-3-6-4-5;3*1-2;/h2-4H,1H3;;;;. The van der Waals surface area contributed by atoms with Crippen LogP contribution in [0.4, 0.5) is 0 Å². The topological polar surface area (TPSA) is 59.7 Å². The summed E-state index contributed by atoms with van der Waals surface area (Å²) in [5.41, 5.74) is 1.39. The second-order valence-corrected chi connectivity index (χ2v) is 2.19.